The van der Waals surface area contributed by atoms with Crippen molar-refractivity contribution < 1.29 is 23.8 Å². The first-order chi connectivity index (χ1) is 8.33. The largest absolute Gasteiger partial charge is 0.492 e. The topological polar surface area (TPSA) is 61.8 Å². The maximum absolute atomic E-state index is 10.4. The van der Waals surface area contributed by atoms with E-state index in [0.717, 1.165) is 5.56 Å². The lowest BCUT2D eigenvalue weighted by atomic mass is 10.1. The SMILES string of the molecule is CO/C(=C(/COC=O)OC=O)c1ccccc1. The molecule has 0 aromatic heterocycles. The normalized spacial score (nSPS) is 11.1. The van der Waals surface area contributed by atoms with E-state index in [1.165, 1.54) is 7.11 Å². The second-order valence-electron chi connectivity index (χ2n) is 2.94. The van der Waals surface area contributed by atoms with Crippen LogP contribution in [0.5, 0.6) is 0 Å². The van der Waals surface area contributed by atoms with Gasteiger partial charge < -0.3 is 14.2 Å². The highest BCUT2D eigenvalue weighted by atomic mass is 16.6. The van der Waals surface area contributed by atoms with Crippen molar-refractivity contribution in [2.45, 2.75) is 0 Å². The molecule has 0 atom stereocenters. The van der Waals surface area contributed by atoms with E-state index in [1.54, 1.807) is 12.1 Å². The molecule has 0 bridgehead atoms. The van der Waals surface area contributed by atoms with Gasteiger partial charge in [-0.1, -0.05) is 30.3 Å². The Morgan fingerprint density at radius 3 is 2.41 bits per heavy atom. The fourth-order valence-corrected chi connectivity index (χ4v) is 1.30. The molecule has 5 nitrogen and oxygen atoms in total. The third kappa shape index (κ3) is 3.64. The molecule has 0 saturated heterocycles. The summed E-state index contributed by atoms with van der Waals surface area (Å²) in [6, 6.07) is 9.04. The van der Waals surface area contributed by atoms with Gasteiger partial charge in [0.15, 0.2) is 18.1 Å². The van der Waals surface area contributed by atoms with Gasteiger partial charge in [-0.3, -0.25) is 9.59 Å². The van der Waals surface area contributed by atoms with E-state index in [2.05, 4.69) is 4.74 Å². The molecule has 17 heavy (non-hydrogen) atoms. The summed E-state index contributed by atoms with van der Waals surface area (Å²) in [5, 5.41) is 0. The number of hydrogen-bond acceptors (Lipinski definition) is 5. The predicted molar refractivity (Wildman–Crippen MR) is 59.5 cm³/mol. The minimum Gasteiger partial charge on any atom is -0.492 e. The van der Waals surface area contributed by atoms with Crippen molar-refractivity contribution >= 4 is 18.7 Å². The van der Waals surface area contributed by atoms with Crippen LogP contribution in [0.3, 0.4) is 0 Å². The number of rotatable bonds is 7. The highest BCUT2D eigenvalue weighted by molar-refractivity contribution is 5.63. The van der Waals surface area contributed by atoms with Crippen LogP contribution in [-0.4, -0.2) is 26.7 Å². The van der Waals surface area contributed by atoms with Gasteiger partial charge in [-0.05, 0) is 0 Å². The van der Waals surface area contributed by atoms with Crippen molar-refractivity contribution in [3.63, 3.8) is 0 Å². The second kappa shape index (κ2) is 7.05. The van der Waals surface area contributed by atoms with E-state index in [1.807, 2.05) is 18.2 Å². The van der Waals surface area contributed by atoms with Crippen molar-refractivity contribution in [1.29, 1.82) is 0 Å². The van der Waals surface area contributed by atoms with Crippen molar-refractivity contribution in [3.05, 3.63) is 41.7 Å². The lowest BCUT2D eigenvalue weighted by Gasteiger charge is -2.11. The van der Waals surface area contributed by atoms with Crippen LogP contribution < -0.4 is 0 Å². The van der Waals surface area contributed by atoms with E-state index in [0.29, 0.717) is 5.76 Å². The Bertz CT molecular complexity index is 397. The molecule has 0 aliphatic rings. The van der Waals surface area contributed by atoms with Crippen LogP contribution in [0.25, 0.3) is 5.76 Å². The maximum Gasteiger partial charge on any atom is 0.298 e. The lowest BCUT2D eigenvalue weighted by Crippen LogP contribution is -2.05. The van der Waals surface area contributed by atoms with Crippen LogP contribution in [-0.2, 0) is 23.8 Å². The summed E-state index contributed by atoms with van der Waals surface area (Å²) in [4.78, 5) is 20.5. The van der Waals surface area contributed by atoms with Gasteiger partial charge in [-0.2, -0.15) is 0 Å². The van der Waals surface area contributed by atoms with Gasteiger partial charge in [-0.25, -0.2) is 0 Å². The number of benzene rings is 1. The molecule has 1 rings (SSSR count). The maximum atomic E-state index is 10.4. The second-order valence-corrected chi connectivity index (χ2v) is 2.94. The molecule has 0 amide bonds. The summed E-state index contributed by atoms with van der Waals surface area (Å²) >= 11 is 0. The molecular formula is C12H12O5. The van der Waals surface area contributed by atoms with Gasteiger partial charge in [0.05, 0.1) is 7.11 Å². The molecule has 0 aliphatic heterocycles. The Hall–Kier alpha value is -2.30. The minimum absolute atomic E-state index is 0.140. The zero-order valence-corrected chi connectivity index (χ0v) is 9.29. The molecule has 0 N–H and O–H groups in total. The Morgan fingerprint density at radius 1 is 1.18 bits per heavy atom. The first kappa shape index (κ1) is 12.8. The van der Waals surface area contributed by atoms with Crippen LogP contribution >= 0.6 is 0 Å². The quantitative estimate of drug-likeness (QED) is 0.528. The van der Waals surface area contributed by atoms with Crippen LogP contribution in [0.4, 0.5) is 0 Å². The Balaban J connectivity index is 3.06. The molecule has 1 aromatic carbocycles. The molecular weight excluding hydrogens is 224 g/mol. The highest BCUT2D eigenvalue weighted by Gasteiger charge is 2.12. The van der Waals surface area contributed by atoms with Gasteiger partial charge in [0.2, 0.25) is 0 Å². The first-order valence-corrected chi connectivity index (χ1v) is 4.81. The van der Waals surface area contributed by atoms with Crippen molar-refractivity contribution in [1.82, 2.24) is 0 Å². The molecule has 0 aliphatic carbocycles. The number of hydrogen-bond donors (Lipinski definition) is 0. The zero-order chi connectivity index (χ0) is 12.5. The number of ether oxygens (including phenoxy) is 3. The number of carbonyl (C=O) groups is 2. The van der Waals surface area contributed by atoms with Gasteiger partial charge in [0.1, 0.15) is 0 Å². The average Bonchev–Trinajstić information content (AvgIpc) is 2.38. The summed E-state index contributed by atoms with van der Waals surface area (Å²) in [7, 11) is 1.44. The fourth-order valence-electron chi connectivity index (χ4n) is 1.30. The molecule has 1 aromatic rings. The smallest absolute Gasteiger partial charge is 0.298 e. The third-order valence-corrected chi connectivity index (χ3v) is 1.97. The highest BCUT2D eigenvalue weighted by Crippen LogP contribution is 2.19. The molecule has 0 heterocycles. The van der Waals surface area contributed by atoms with Gasteiger partial charge in [-0.15, -0.1) is 0 Å². The summed E-state index contributed by atoms with van der Waals surface area (Å²) in [6.07, 6.45) is 0. The van der Waals surface area contributed by atoms with Gasteiger partial charge in [0.25, 0.3) is 12.9 Å². The molecule has 90 valence electrons. The molecule has 0 saturated carbocycles. The van der Waals surface area contributed by atoms with Crippen molar-refractivity contribution in [3.8, 4) is 0 Å². The third-order valence-electron chi connectivity index (χ3n) is 1.97. The fraction of sp³-hybridized carbons (Fsp3) is 0.167. The van der Waals surface area contributed by atoms with Gasteiger partial charge in [0, 0.05) is 5.56 Å². The van der Waals surface area contributed by atoms with E-state index >= 15 is 0 Å². The van der Waals surface area contributed by atoms with E-state index in [-0.39, 0.29) is 25.3 Å². The van der Waals surface area contributed by atoms with E-state index in [4.69, 9.17) is 9.47 Å². The average molecular weight is 236 g/mol. The minimum atomic E-state index is -0.166. The predicted octanol–water partition coefficient (Wildman–Crippen LogP) is 1.35. The lowest BCUT2D eigenvalue weighted by molar-refractivity contribution is -0.132. The van der Waals surface area contributed by atoms with Crippen LogP contribution in [0.15, 0.2) is 36.1 Å². The Kier molecular flexibility index (Phi) is 5.30. The molecule has 0 spiro atoms. The van der Waals surface area contributed by atoms with E-state index < -0.39 is 0 Å². The van der Waals surface area contributed by atoms with Crippen molar-refractivity contribution in [2.24, 2.45) is 0 Å². The first-order valence-electron chi connectivity index (χ1n) is 4.81. The summed E-state index contributed by atoms with van der Waals surface area (Å²) in [6.45, 7) is 0.359. The Labute approximate surface area is 98.6 Å². The summed E-state index contributed by atoms with van der Waals surface area (Å²) < 4.78 is 14.4. The Morgan fingerprint density at radius 2 is 1.88 bits per heavy atom. The molecule has 0 radical (unpaired) electrons. The monoisotopic (exact) mass is 236 g/mol. The number of methoxy groups -OCH3 is 1. The van der Waals surface area contributed by atoms with Crippen LogP contribution in [0, 0.1) is 0 Å². The molecule has 5 heteroatoms. The standard InChI is InChI=1S/C12H12O5/c1-15-12(10-5-3-2-4-6-10)11(17-9-14)7-16-8-13/h2-6,8-9H,7H2,1H3/b12-11-. The van der Waals surface area contributed by atoms with Gasteiger partial charge >= 0.3 is 0 Å². The summed E-state index contributed by atoms with van der Waals surface area (Å²) in [5.41, 5.74) is 0.723. The number of carbonyl (C=O) groups excluding carboxylic acids is 2. The van der Waals surface area contributed by atoms with E-state index in [9.17, 15) is 9.59 Å². The van der Waals surface area contributed by atoms with Crippen molar-refractivity contribution in [2.75, 3.05) is 13.7 Å². The zero-order valence-electron chi connectivity index (χ0n) is 9.29. The summed E-state index contributed by atoms with van der Waals surface area (Å²) in [5.74, 6) is 0.486. The van der Waals surface area contributed by atoms with Crippen LogP contribution in [0.1, 0.15) is 5.56 Å². The molecule has 0 unspecified atom stereocenters. The molecule has 0 fully saturated rings. The van der Waals surface area contributed by atoms with Crippen LogP contribution in [0.2, 0.25) is 0 Å².